The van der Waals surface area contributed by atoms with Crippen LogP contribution >= 0.6 is 0 Å². The number of hydrogen-bond acceptors (Lipinski definition) is 5. The summed E-state index contributed by atoms with van der Waals surface area (Å²) in [7, 11) is 0. The zero-order chi connectivity index (χ0) is 21.5. The summed E-state index contributed by atoms with van der Waals surface area (Å²) >= 11 is 0. The van der Waals surface area contributed by atoms with Gasteiger partial charge in [0, 0.05) is 26.2 Å². The quantitative estimate of drug-likeness (QED) is 0.717. The van der Waals surface area contributed by atoms with Gasteiger partial charge in [-0.3, -0.25) is 14.6 Å². The Kier molecular flexibility index (Phi) is 5.09. The lowest BCUT2D eigenvalue weighted by atomic mass is 10.1. The van der Waals surface area contributed by atoms with Gasteiger partial charge in [0.2, 0.25) is 11.9 Å². The molecule has 1 N–H and O–H groups in total. The van der Waals surface area contributed by atoms with Crippen LogP contribution in [0.4, 0.5) is 5.95 Å². The summed E-state index contributed by atoms with van der Waals surface area (Å²) in [6.45, 7) is 10.6. The topological polar surface area (TPSA) is 87.1 Å². The maximum Gasteiger partial charge on any atom is 0.263 e. The summed E-state index contributed by atoms with van der Waals surface area (Å²) in [6, 6.07) is 8.07. The van der Waals surface area contributed by atoms with Crippen LogP contribution in [-0.4, -0.2) is 56.7 Å². The largest absolute Gasteiger partial charge is 0.339 e. The van der Waals surface area contributed by atoms with Crippen molar-refractivity contribution < 1.29 is 4.79 Å². The summed E-state index contributed by atoms with van der Waals surface area (Å²) in [6.07, 6.45) is 1.98. The maximum absolute atomic E-state index is 12.7. The van der Waals surface area contributed by atoms with E-state index in [1.807, 2.05) is 61.8 Å². The molecular weight excluding hydrogens is 380 g/mol. The number of rotatable bonds is 3. The molecule has 1 aliphatic heterocycles. The SMILES string of the molecule is Cc1ccc(CC(=O)N2CCN(c3nc4c(cnn4C(C)(C)C)c(=O)[nH]3)CC2)cc1. The monoisotopic (exact) mass is 408 g/mol. The van der Waals surface area contributed by atoms with E-state index in [0.717, 1.165) is 5.56 Å². The number of carbonyl (C=O) groups excluding carboxylic acids is 1. The van der Waals surface area contributed by atoms with Crippen LogP contribution in [0.2, 0.25) is 0 Å². The van der Waals surface area contributed by atoms with Crippen LogP contribution in [0.15, 0.2) is 35.3 Å². The van der Waals surface area contributed by atoms with Crippen molar-refractivity contribution in [2.45, 2.75) is 39.7 Å². The number of anilines is 1. The van der Waals surface area contributed by atoms with Crippen molar-refractivity contribution in [3.8, 4) is 0 Å². The average Bonchev–Trinajstić information content (AvgIpc) is 3.15. The highest BCUT2D eigenvalue weighted by molar-refractivity contribution is 5.79. The highest BCUT2D eigenvalue weighted by Crippen LogP contribution is 2.20. The molecule has 0 spiro atoms. The van der Waals surface area contributed by atoms with Crippen LogP contribution in [0.5, 0.6) is 0 Å². The summed E-state index contributed by atoms with van der Waals surface area (Å²) in [4.78, 5) is 36.7. The third-order valence-electron chi connectivity index (χ3n) is 5.47. The fourth-order valence-electron chi connectivity index (χ4n) is 3.71. The number of nitrogens with zero attached hydrogens (tertiary/aromatic N) is 5. The summed E-state index contributed by atoms with van der Waals surface area (Å²) in [5, 5.41) is 4.84. The van der Waals surface area contributed by atoms with E-state index in [1.165, 1.54) is 5.56 Å². The predicted molar refractivity (Wildman–Crippen MR) is 117 cm³/mol. The summed E-state index contributed by atoms with van der Waals surface area (Å²) in [5.41, 5.74) is 2.33. The molecule has 0 atom stereocenters. The van der Waals surface area contributed by atoms with E-state index >= 15 is 0 Å². The Morgan fingerprint density at radius 1 is 1.10 bits per heavy atom. The Morgan fingerprint density at radius 2 is 1.77 bits per heavy atom. The number of H-pyrrole nitrogens is 1. The molecule has 30 heavy (non-hydrogen) atoms. The second-order valence-electron chi connectivity index (χ2n) is 8.88. The first-order valence-electron chi connectivity index (χ1n) is 10.3. The third-order valence-corrected chi connectivity index (χ3v) is 5.47. The lowest BCUT2D eigenvalue weighted by Crippen LogP contribution is -2.50. The number of piperazine rings is 1. The molecule has 158 valence electrons. The Bertz CT molecular complexity index is 1120. The molecule has 0 radical (unpaired) electrons. The molecule has 8 heteroatoms. The first-order chi connectivity index (χ1) is 14.2. The lowest BCUT2D eigenvalue weighted by Gasteiger charge is -2.35. The molecule has 2 aromatic heterocycles. The molecule has 0 bridgehead atoms. The summed E-state index contributed by atoms with van der Waals surface area (Å²) in [5.74, 6) is 0.658. The highest BCUT2D eigenvalue weighted by atomic mass is 16.2. The van der Waals surface area contributed by atoms with E-state index in [1.54, 1.807) is 10.9 Å². The number of carbonyl (C=O) groups is 1. The van der Waals surface area contributed by atoms with Crippen molar-refractivity contribution in [3.05, 3.63) is 51.9 Å². The minimum Gasteiger partial charge on any atom is -0.339 e. The van der Waals surface area contributed by atoms with E-state index in [-0.39, 0.29) is 17.0 Å². The van der Waals surface area contributed by atoms with Gasteiger partial charge in [0.05, 0.1) is 18.2 Å². The number of amides is 1. The van der Waals surface area contributed by atoms with Gasteiger partial charge in [0.25, 0.3) is 5.56 Å². The Hall–Kier alpha value is -3.16. The van der Waals surface area contributed by atoms with Crippen LogP contribution < -0.4 is 10.5 Å². The van der Waals surface area contributed by atoms with Crippen molar-refractivity contribution in [1.29, 1.82) is 0 Å². The number of nitrogens with one attached hydrogen (secondary N) is 1. The molecule has 3 aromatic rings. The molecular formula is C22H28N6O2. The van der Waals surface area contributed by atoms with Gasteiger partial charge in [-0.15, -0.1) is 0 Å². The van der Waals surface area contributed by atoms with Crippen molar-refractivity contribution in [2.75, 3.05) is 31.1 Å². The van der Waals surface area contributed by atoms with Crippen LogP contribution in [0.1, 0.15) is 31.9 Å². The molecule has 0 unspecified atom stereocenters. The van der Waals surface area contributed by atoms with Crippen molar-refractivity contribution >= 4 is 22.9 Å². The number of benzene rings is 1. The first kappa shape index (κ1) is 20.1. The fraction of sp³-hybridized carbons (Fsp3) is 0.455. The first-order valence-corrected chi connectivity index (χ1v) is 10.3. The number of aromatic amines is 1. The highest BCUT2D eigenvalue weighted by Gasteiger charge is 2.25. The summed E-state index contributed by atoms with van der Waals surface area (Å²) < 4.78 is 1.78. The zero-order valence-corrected chi connectivity index (χ0v) is 18.0. The van der Waals surface area contributed by atoms with Gasteiger partial charge < -0.3 is 9.80 Å². The van der Waals surface area contributed by atoms with Crippen LogP contribution in [0.3, 0.4) is 0 Å². The second-order valence-corrected chi connectivity index (χ2v) is 8.88. The third kappa shape index (κ3) is 3.94. The van der Waals surface area contributed by atoms with Gasteiger partial charge in [-0.1, -0.05) is 29.8 Å². The fourth-order valence-corrected chi connectivity index (χ4v) is 3.71. The number of aryl methyl sites for hydroxylation is 1. The standard InChI is InChI=1S/C22H28N6O2/c1-15-5-7-16(8-6-15)13-18(29)26-9-11-27(12-10-26)21-24-19-17(20(30)25-21)14-23-28(19)22(2,3)4/h5-8,14H,9-13H2,1-4H3,(H,24,25,30). The molecule has 4 rings (SSSR count). The number of hydrogen-bond donors (Lipinski definition) is 1. The Labute approximate surface area is 175 Å². The second kappa shape index (κ2) is 7.59. The van der Waals surface area contributed by atoms with Gasteiger partial charge in [0.1, 0.15) is 5.39 Å². The van der Waals surface area contributed by atoms with Gasteiger partial charge in [-0.05, 0) is 33.3 Å². The molecule has 1 saturated heterocycles. The molecule has 3 heterocycles. The smallest absolute Gasteiger partial charge is 0.263 e. The van der Waals surface area contributed by atoms with E-state index in [0.29, 0.717) is 49.6 Å². The molecule has 0 saturated carbocycles. The van der Waals surface area contributed by atoms with Crippen LogP contribution in [-0.2, 0) is 16.8 Å². The van der Waals surface area contributed by atoms with Gasteiger partial charge in [0.15, 0.2) is 5.65 Å². The predicted octanol–water partition coefficient (Wildman–Crippen LogP) is 2.07. The van der Waals surface area contributed by atoms with E-state index < -0.39 is 0 Å². The average molecular weight is 409 g/mol. The minimum absolute atomic E-state index is 0.126. The molecule has 1 amide bonds. The molecule has 1 aromatic carbocycles. The number of fused-ring (bicyclic) bond motifs is 1. The van der Waals surface area contributed by atoms with E-state index in [4.69, 9.17) is 4.98 Å². The Morgan fingerprint density at radius 3 is 2.40 bits per heavy atom. The van der Waals surface area contributed by atoms with Crippen LogP contribution in [0, 0.1) is 6.92 Å². The molecule has 1 fully saturated rings. The Balaban J connectivity index is 1.47. The van der Waals surface area contributed by atoms with Gasteiger partial charge in [-0.2, -0.15) is 10.1 Å². The molecule has 8 nitrogen and oxygen atoms in total. The van der Waals surface area contributed by atoms with Crippen LogP contribution in [0.25, 0.3) is 11.0 Å². The van der Waals surface area contributed by atoms with Crippen molar-refractivity contribution in [2.24, 2.45) is 0 Å². The minimum atomic E-state index is -0.277. The molecule has 0 aliphatic carbocycles. The lowest BCUT2D eigenvalue weighted by molar-refractivity contribution is -0.130. The normalized spacial score (nSPS) is 15.1. The maximum atomic E-state index is 12.7. The number of aromatic nitrogens is 4. The van der Waals surface area contributed by atoms with E-state index in [9.17, 15) is 9.59 Å². The zero-order valence-electron chi connectivity index (χ0n) is 18.0. The van der Waals surface area contributed by atoms with Gasteiger partial charge in [-0.25, -0.2) is 4.68 Å². The van der Waals surface area contributed by atoms with Crippen molar-refractivity contribution in [3.63, 3.8) is 0 Å². The molecule has 1 aliphatic rings. The van der Waals surface area contributed by atoms with E-state index in [2.05, 4.69) is 10.1 Å². The van der Waals surface area contributed by atoms with Gasteiger partial charge >= 0.3 is 0 Å². The van der Waals surface area contributed by atoms with Crippen molar-refractivity contribution in [1.82, 2.24) is 24.6 Å².